The van der Waals surface area contributed by atoms with Crippen LogP contribution in [0.1, 0.15) is 11.1 Å². The fourth-order valence-corrected chi connectivity index (χ4v) is 3.62. The first-order valence-electron chi connectivity index (χ1n) is 5.76. The molecule has 2 rings (SSSR count). The summed E-state index contributed by atoms with van der Waals surface area (Å²) in [6, 6.07) is 16.7. The lowest BCUT2D eigenvalue weighted by molar-refractivity contribution is 1.48. The van der Waals surface area contributed by atoms with Gasteiger partial charge >= 0.3 is 0 Å². The molecule has 0 saturated carbocycles. The van der Waals surface area contributed by atoms with Crippen LogP contribution in [0.2, 0.25) is 0 Å². The Morgan fingerprint density at radius 2 is 1.00 bits per heavy atom. The molecule has 0 heterocycles. The standard InChI is InChI=1S/C15H18NP/c1-12-4-8-14(9-5-12)17(3,16)15-10-6-13(2)7-11-15/h4-11,16H,1-3H3. The molecule has 0 aromatic heterocycles. The maximum atomic E-state index is 8.66. The fraction of sp³-hybridized carbons (Fsp3) is 0.200. The molecule has 2 heteroatoms. The third-order valence-electron chi connectivity index (χ3n) is 3.10. The molecular weight excluding hydrogens is 225 g/mol. The van der Waals surface area contributed by atoms with E-state index in [1.165, 1.54) is 11.1 Å². The molecule has 0 bridgehead atoms. The van der Waals surface area contributed by atoms with E-state index >= 15 is 0 Å². The Morgan fingerprint density at radius 3 is 1.29 bits per heavy atom. The van der Waals surface area contributed by atoms with Crippen molar-refractivity contribution in [1.29, 1.82) is 5.16 Å². The third-order valence-corrected chi connectivity index (χ3v) is 5.76. The molecular formula is C15H18NP. The van der Waals surface area contributed by atoms with Gasteiger partial charge in [-0.25, -0.2) is 0 Å². The number of hydrogen-bond acceptors (Lipinski definition) is 1. The second-order valence-corrected chi connectivity index (χ2v) is 7.72. The van der Waals surface area contributed by atoms with Crippen molar-refractivity contribution in [3.8, 4) is 0 Å². The van der Waals surface area contributed by atoms with Gasteiger partial charge in [0, 0.05) is 7.05 Å². The summed E-state index contributed by atoms with van der Waals surface area (Å²) in [6.45, 7) is 6.22. The van der Waals surface area contributed by atoms with Crippen LogP contribution in [0.5, 0.6) is 0 Å². The summed E-state index contributed by atoms with van der Waals surface area (Å²) in [6.07, 6.45) is 0. The Morgan fingerprint density at radius 1 is 0.706 bits per heavy atom. The highest BCUT2D eigenvalue weighted by molar-refractivity contribution is 7.79. The lowest BCUT2D eigenvalue weighted by Gasteiger charge is -2.18. The second-order valence-electron chi connectivity index (χ2n) is 4.68. The molecule has 1 N–H and O–H groups in total. The zero-order valence-corrected chi connectivity index (χ0v) is 11.5. The molecule has 88 valence electrons. The van der Waals surface area contributed by atoms with Crippen LogP contribution in [0.4, 0.5) is 0 Å². The van der Waals surface area contributed by atoms with E-state index in [9.17, 15) is 0 Å². The normalized spacial score (nSPS) is 11.5. The van der Waals surface area contributed by atoms with Crippen LogP contribution in [0, 0.1) is 19.0 Å². The highest BCUT2D eigenvalue weighted by Gasteiger charge is 2.15. The molecule has 0 radical (unpaired) electrons. The van der Waals surface area contributed by atoms with E-state index < -0.39 is 7.05 Å². The Labute approximate surface area is 103 Å². The van der Waals surface area contributed by atoms with Crippen molar-refractivity contribution in [3.05, 3.63) is 59.7 Å². The van der Waals surface area contributed by atoms with Crippen molar-refractivity contribution < 1.29 is 0 Å². The Bertz CT molecular complexity index is 503. The minimum absolute atomic E-state index is 1.15. The zero-order valence-electron chi connectivity index (χ0n) is 10.6. The molecule has 0 atom stereocenters. The average molecular weight is 243 g/mol. The molecule has 0 aliphatic heterocycles. The van der Waals surface area contributed by atoms with Crippen LogP contribution in [0.15, 0.2) is 48.5 Å². The minimum atomic E-state index is -1.94. The Balaban J connectivity index is 2.45. The van der Waals surface area contributed by atoms with Gasteiger partial charge in [0.15, 0.2) is 0 Å². The maximum Gasteiger partial charge on any atom is 0.0208 e. The molecule has 0 saturated heterocycles. The highest BCUT2D eigenvalue weighted by atomic mass is 31.2. The number of hydrogen-bond donors (Lipinski definition) is 1. The van der Waals surface area contributed by atoms with Gasteiger partial charge in [-0.05, 0) is 31.1 Å². The van der Waals surface area contributed by atoms with Crippen LogP contribution in [0.25, 0.3) is 0 Å². The lowest BCUT2D eigenvalue weighted by atomic mass is 10.2. The molecule has 1 nitrogen and oxygen atoms in total. The van der Waals surface area contributed by atoms with E-state index in [-0.39, 0.29) is 0 Å². The van der Waals surface area contributed by atoms with E-state index in [0.717, 1.165) is 10.6 Å². The molecule has 0 fully saturated rings. The van der Waals surface area contributed by atoms with Gasteiger partial charge in [-0.1, -0.05) is 59.7 Å². The van der Waals surface area contributed by atoms with Crippen molar-refractivity contribution in [2.75, 3.05) is 6.66 Å². The predicted molar refractivity (Wildman–Crippen MR) is 77.2 cm³/mol. The maximum absolute atomic E-state index is 8.66. The van der Waals surface area contributed by atoms with Gasteiger partial charge in [0.05, 0.1) is 0 Å². The van der Waals surface area contributed by atoms with E-state index in [4.69, 9.17) is 5.16 Å². The van der Waals surface area contributed by atoms with E-state index in [1.807, 2.05) is 0 Å². The highest BCUT2D eigenvalue weighted by Crippen LogP contribution is 2.39. The van der Waals surface area contributed by atoms with E-state index in [2.05, 4.69) is 69.0 Å². The molecule has 17 heavy (non-hydrogen) atoms. The summed E-state index contributed by atoms with van der Waals surface area (Å²) in [4.78, 5) is 0. The van der Waals surface area contributed by atoms with Crippen molar-refractivity contribution in [3.63, 3.8) is 0 Å². The summed E-state index contributed by atoms with van der Waals surface area (Å²) in [5.74, 6) is 0. The van der Waals surface area contributed by atoms with Gasteiger partial charge in [0.1, 0.15) is 0 Å². The number of rotatable bonds is 2. The summed E-state index contributed by atoms with van der Waals surface area (Å²) in [5, 5.41) is 11.0. The average Bonchev–Trinajstić information content (AvgIpc) is 2.30. The largest absolute Gasteiger partial charge is 0.310 e. The molecule has 0 aliphatic carbocycles. The zero-order chi connectivity index (χ0) is 12.5. The lowest BCUT2D eigenvalue weighted by Crippen LogP contribution is -2.14. The summed E-state index contributed by atoms with van der Waals surface area (Å²) in [5.41, 5.74) is 2.50. The van der Waals surface area contributed by atoms with Crippen molar-refractivity contribution >= 4 is 17.7 Å². The minimum Gasteiger partial charge on any atom is -0.310 e. The molecule has 0 spiro atoms. The third kappa shape index (κ3) is 2.50. The van der Waals surface area contributed by atoms with Gasteiger partial charge in [0.2, 0.25) is 0 Å². The molecule has 0 amide bonds. The smallest absolute Gasteiger partial charge is 0.0208 e. The van der Waals surface area contributed by atoms with Gasteiger partial charge in [-0.15, -0.1) is 0 Å². The van der Waals surface area contributed by atoms with Crippen LogP contribution < -0.4 is 10.6 Å². The Kier molecular flexibility index (Phi) is 3.22. The summed E-state index contributed by atoms with van der Waals surface area (Å²) < 4.78 is 0. The molecule has 0 aliphatic rings. The van der Waals surface area contributed by atoms with Gasteiger partial charge in [-0.3, -0.25) is 0 Å². The molecule has 2 aromatic rings. The first-order valence-corrected chi connectivity index (χ1v) is 8.00. The van der Waals surface area contributed by atoms with Crippen molar-refractivity contribution in [2.24, 2.45) is 0 Å². The van der Waals surface area contributed by atoms with E-state index in [1.54, 1.807) is 0 Å². The van der Waals surface area contributed by atoms with Crippen molar-refractivity contribution in [2.45, 2.75) is 13.8 Å². The first kappa shape index (κ1) is 12.1. The molecule has 2 aromatic carbocycles. The Hall–Kier alpha value is -1.33. The summed E-state index contributed by atoms with van der Waals surface area (Å²) >= 11 is 0. The van der Waals surface area contributed by atoms with Gasteiger partial charge in [0.25, 0.3) is 0 Å². The van der Waals surface area contributed by atoms with Crippen molar-refractivity contribution in [1.82, 2.24) is 0 Å². The van der Waals surface area contributed by atoms with Gasteiger partial charge in [-0.2, -0.15) is 0 Å². The predicted octanol–water partition coefficient (Wildman–Crippen LogP) is 3.66. The monoisotopic (exact) mass is 243 g/mol. The molecule has 0 unspecified atom stereocenters. The first-order chi connectivity index (χ1) is 8.00. The number of benzene rings is 2. The van der Waals surface area contributed by atoms with Crippen LogP contribution in [-0.4, -0.2) is 6.66 Å². The quantitative estimate of drug-likeness (QED) is 0.778. The second kappa shape index (κ2) is 4.50. The number of nitrogens with one attached hydrogen (secondary N) is 1. The van der Waals surface area contributed by atoms with Gasteiger partial charge < -0.3 is 5.16 Å². The topological polar surface area (TPSA) is 23.9 Å². The van der Waals surface area contributed by atoms with Crippen LogP contribution >= 0.6 is 7.05 Å². The van der Waals surface area contributed by atoms with E-state index in [0.29, 0.717) is 0 Å². The number of aryl methyl sites for hydroxylation is 2. The fourth-order valence-electron chi connectivity index (χ4n) is 1.83. The summed E-state index contributed by atoms with van der Waals surface area (Å²) in [7, 11) is -1.94. The van der Waals surface area contributed by atoms with Crippen LogP contribution in [0.3, 0.4) is 0 Å². The van der Waals surface area contributed by atoms with Crippen LogP contribution in [-0.2, 0) is 0 Å². The SMILES string of the molecule is Cc1ccc(P(C)(=N)c2ccc(C)cc2)cc1.